The van der Waals surface area contributed by atoms with Gasteiger partial charge in [0.15, 0.2) is 0 Å². The number of hydrogen-bond donors (Lipinski definition) is 0. The van der Waals surface area contributed by atoms with Crippen molar-refractivity contribution < 1.29 is 18.3 Å². The maximum Gasteiger partial charge on any atom is 0.341 e. The highest BCUT2D eigenvalue weighted by Gasteiger charge is 2.26. The second kappa shape index (κ2) is 5.68. The lowest BCUT2D eigenvalue weighted by molar-refractivity contribution is 0.0586. The van der Waals surface area contributed by atoms with Gasteiger partial charge < -0.3 is 4.74 Å². The first-order chi connectivity index (χ1) is 8.06. The molecular weight excluding hydrogens is 298 g/mol. The number of hydrogen-bond acceptors (Lipinski definition) is 4. The molecule has 0 N–H and O–H groups in total. The Hall–Kier alpha value is -1.55. The van der Waals surface area contributed by atoms with Crippen molar-refractivity contribution in [2.45, 2.75) is 11.8 Å². The van der Waals surface area contributed by atoms with Crippen LogP contribution < -0.4 is 0 Å². The first-order valence-corrected chi connectivity index (χ1v) is 5.53. The number of methoxy groups -OCH3 is 1. The Balaban J connectivity index is 3.57. The number of aromatic nitrogens is 1. The summed E-state index contributed by atoms with van der Waals surface area (Å²) >= 11 is 3.09. The van der Waals surface area contributed by atoms with Crippen LogP contribution in [0.2, 0.25) is 0 Å². The highest BCUT2D eigenvalue weighted by Crippen LogP contribution is 2.26. The van der Waals surface area contributed by atoms with E-state index in [4.69, 9.17) is 5.26 Å². The van der Waals surface area contributed by atoms with Crippen LogP contribution in [0.15, 0.2) is 6.20 Å². The average Bonchev–Trinajstić information content (AvgIpc) is 2.35. The van der Waals surface area contributed by atoms with Gasteiger partial charge in [0.2, 0.25) is 0 Å². The molecule has 90 valence electrons. The summed E-state index contributed by atoms with van der Waals surface area (Å²) in [5.74, 6) is -0.993. The van der Waals surface area contributed by atoms with Crippen LogP contribution >= 0.6 is 15.9 Å². The third-order valence-corrected chi connectivity index (χ3v) is 2.64. The Labute approximate surface area is 104 Å². The summed E-state index contributed by atoms with van der Waals surface area (Å²) in [5.41, 5.74) is -0.989. The lowest BCUT2D eigenvalue weighted by atomic mass is 10.0. The van der Waals surface area contributed by atoms with Gasteiger partial charge in [-0.15, -0.1) is 0 Å². The number of carbonyl (C=O) groups excluding carboxylic acids is 1. The third-order valence-electron chi connectivity index (χ3n) is 2.04. The lowest BCUT2D eigenvalue weighted by Gasteiger charge is -2.10. The molecule has 0 unspecified atom stereocenters. The summed E-state index contributed by atoms with van der Waals surface area (Å²) < 4.78 is 29.8. The van der Waals surface area contributed by atoms with Crippen LogP contribution in [0.1, 0.15) is 33.6 Å². The van der Waals surface area contributed by atoms with Crippen LogP contribution in [-0.4, -0.2) is 18.1 Å². The van der Waals surface area contributed by atoms with E-state index >= 15 is 0 Å². The molecule has 17 heavy (non-hydrogen) atoms. The van der Waals surface area contributed by atoms with Gasteiger partial charge in [0.25, 0.3) is 6.43 Å². The second-order valence-electron chi connectivity index (χ2n) is 2.96. The Morgan fingerprint density at radius 3 is 2.76 bits per heavy atom. The van der Waals surface area contributed by atoms with Gasteiger partial charge in [-0.1, -0.05) is 15.9 Å². The van der Waals surface area contributed by atoms with Gasteiger partial charge in [0.1, 0.15) is 17.3 Å². The largest absolute Gasteiger partial charge is 0.465 e. The molecule has 0 saturated heterocycles. The molecule has 0 aromatic carbocycles. The van der Waals surface area contributed by atoms with E-state index < -0.39 is 23.7 Å². The van der Waals surface area contributed by atoms with Crippen LogP contribution in [0.25, 0.3) is 0 Å². The fourth-order valence-electron chi connectivity index (χ4n) is 1.27. The number of ether oxygens (including phenoxy) is 1. The van der Waals surface area contributed by atoms with E-state index in [2.05, 4.69) is 25.7 Å². The van der Waals surface area contributed by atoms with Crippen LogP contribution in [0, 0.1) is 11.3 Å². The van der Waals surface area contributed by atoms with Gasteiger partial charge in [-0.25, -0.2) is 13.6 Å². The number of nitriles is 1. The van der Waals surface area contributed by atoms with Crippen molar-refractivity contribution in [3.05, 3.63) is 28.6 Å². The van der Waals surface area contributed by atoms with Gasteiger partial charge in [0.05, 0.1) is 12.7 Å². The van der Waals surface area contributed by atoms with Gasteiger partial charge in [0, 0.05) is 11.5 Å². The van der Waals surface area contributed by atoms with E-state index in [1.165, 1.54) is 0 Å². The van der Waals surface area contributed by atoms with Gasteiger partial charge in [-0.3, -0.25) is 4.98 Å². The summed E-state index contributed by atoms with van der Waals surface area (Å²) in [7, 11) is 1.06. The van der Waals surface area contributed by atoms with Crippen molar-refractivity contribution in [1.82, 2.24) is 4.98 Å². The Morgan fingerprint density at radius 1 is 1.71 bits per heavy atom. The molecule has 0 aliphatic rings. The predicted octanol–water partition coefficient (Wildman–Crippen LogP) is 2.57. The highest BCUT2D eigenvalue weighted by atomic mass is 79.9. The molecular formula is C10H7BrF2N2O2. The third kappa shape index (κ3) is 2.58. The summed E-state index contributed by atoms with van der Waals surface area (Å²) in [6.45, 7) is 0. The molecule has 0 saturated carbocycles. The summed E-state index contributed by atoms with van der Waals surface area (Å²) in [5, 5.41) is 9.16. The van der Waals surface area contributed by atoms with Crippen LogP contribution in [0.5, 0.6) is 0 Å². The van der Waals surface area contributed by atoms with Crippen molar-refractivity contribution in [2.75, 3.05) is 7.11 Å². The molecule has 0 spiro atoms. The number of esters is 1. The number of halogens is 3. The quantitative estimate of drug-likeness (QED) is 0.636. The van der Waals surface area contributed by atoms with Crippen molar-refractivity contribution in [3.8, 4) is 6.07 Å². The minimum absolute atomic E-state index is 0.140. The molecule has 1 aromatic heterocycles. The summed E-state index contributed by atoms with van der Waals surface area (Å²) in [4.78, 5) is 14.9. The van der Waals surface area contributed by atoms with E-state index in [1.54, 1.807) is 6.07 Å². The molecule has 0 aliphatic heterocycles. The Morgan fingerprint density at radius 2 is 2.35 bits per heavy atom. The number of nitrogens with zero attached hydrogens (tertiary/aromatic N) is 2. The van der Waals surface area contributed by atoms with Gasteiger partial charge in [-0.05, 0) is 5.56 Å². The highest BCUT2D eigenvalue weighted by molar-refractivity contribution is 9.08. The SMILES string of the molecule is COC(=O)c1c(C(F)F)ncc(CBr)c1C#N. The van der Waals surface area contributed by atoms with E-state index in [0.717, 1.165) is 13.3 Å². The standard InChI is InChI=1S/C10H7BrF2N2O2/c1-17-10(16)7-6(3-14)5(2-11)4-15-8(7)9(12)13/h4,9H,2H2,1H3. The molecule has 0 amide bonds. The zero-order valence-electron chi connectivity index (χ0n) is 8.71. The first-order valence-electron chi connectivity index (χ1n) is 4.41. The normalized spacial score (nSPS) is 10.1. The molecule has 1 rings (SSSR count). The number of alkyl halides is 3. The molecule has 7 heteroatoms. The minimum atomic E-state index is -2.94. The molecule has 0 fully saturated rings. The van der Waals surface area contributed by atoms with Crippen molar-refractivity contribution >= 4 is 21.9 Å². The minimum Gasteiger partial charge on any atom is -0.465 e. The molecule has 0 aliphatic carbocycles. The van der Waals surface area contributed by atoms with Gasteiger partial charge >= 0.3 is 5.97 Å². The van der Waals surface area contributed by atoms with Crippen LogP contribution in [-0.2, 0) is 10.1 Å². The monoisotopic (exact) mass is 304 g/mol. The maximum atomic E-state index is 12.7. The molecule has 4 nitrogen and oxygen atoms in total. The Bertz CT molecular complexity index is 486. The van der Waals surface area contributed by atoms with E-state index in [1.807, 2.05) is 0 Å². The van der Waals surface area contributed by atoms with Crippen molar-refractivity contribution in [2.24, 2.45) is 0 Å². The topological polar surface area (TPSA) is 63.0 Å². The van der Waals surface area contributed by atoms with Crippen molar-refractivity contribution in [1.29, 1.82) is 5.26 Å². The van der Waals surface area contributed by atoms with Crippen LogP contribution in [0.3, 0.4) is 0 Å². The molecule has 0 atom stereocenters. The fraction of sp³-hybridized carbons (Fsp3) is 0.300. The second-order valence-corrected chi connectivity index (χ2v) is 3.52. The van der Waals surface area contributed by atoms with E-state index in [-0.39, 0.29) is 10.9 Å². The first kappa shape index (κ1) is 13.5. The molecule has 1 aromatic rings. The number of carbonyl (C=O) groups is 1. The average molecular weight is 305 g/mol. The van der Waals surface area contributed by atoms with E-state index in [0.29, 0.717) is 5.56 Å². The number of pyridine rings is 1. The Kier molecular flexibility index (Phi) is 4.52. The van der Waals surface area contributed by atoms with Crippen molar-refractivity contribution in [3.63, 3.8) is 0 Å². The fourth-order valence-corrected chi connectivity index (χ4v) is 1.69. The molecule has 0 bridgehead atoms. The smallest absolute Gasteiger partial charge is 0.341 e. The summed E-state index contributed by atoms with van der Waals surface area (Å²) in [6, 6.07) is 1.72. The van der Waals surface area contributed by atoms with Crippen LogP contribution in [0.4, 0.5) is 8.78 Å². The summed E-state index contributed by atoms with van der Waals surface area (Å²) in [6.07, 6.45) is -1.80. The lowest BCUT2D eigenvalue weighted by Crippen LogP contribution is -2.12. The maximum absolute atomic E-state index is 12.7. The van der Waals surface area contributed by atoms with E-state index in [9.17, 15) is 13.6 Å². The zero-order chi connectivity index (χ0) is 13.0. The predicted molar refractivity (Wildman–Crippen MR) is 57.9 cm³/mol. The molecule has 0 radical (unpaired) electrons. The molecule has 1 heterocycles. The van der Waals surface area contributed by atoms with Gasteiger partial charge in [-0.2, -0.15) is 5.26 Å². The number of rotatable bonds is 3. The zero-order valence-corrected chi connectivity index (χ0v) is 10.3.